The fourth-order valence-electron chi connectivity index (χ4n) is 1.89. The number of hydrogen-bond acceptors (Lipinski definition) is 4. The molecule has 1 heterocycles. The summed E-state index contributed by atoms with van der Waals surface area (Å²) >= 11 is 0. The van der Waals surface area contributed by atoms with Crippen molar-refractivity contribution >= 4 is 5.91 Å². The minimum absolute atomic E-state index is 0.00615. The lowest BCUT2D eigenvalue weighted by atomic mass is 9.89. The van der Waals surface area contributed by atoms with Crippen LogP contribution >= 0.6 is 0 Å². The van der Waals surface area contributed by atoms with Crippen LogP contribution in [0, 0.1) is 5.41 Å². The molecule has 1 aliphatic heterocycles. The first kappa shape index (κ1) is 14.7. The monoisotopic (exact) mass is 279 g/mol. The lowest BCUT2D eigenvalue weighted by Gasteiger charge is -2.38. The smallest absolute Gasteiger partial charge is 0.223 e. The molecule has 1 amide bonds. The summed E-state index contributed by atoms with van der Waals surface area (Å²) in [7, 11) is 1.62. The van der Waals surface area contributed by atoms with Crippen LogP contribution in [-0.2, 0) is 9.53 Å². The van der Waals surface area contributed by atoms with Gasteiger partial charge in [0, 0.05) is 12.0 Å². The second-order valence-electron chi connectivity index (χ2n) is 5.35. The third kappa shape index (κ3) is 4.13. The summed E-state index contributed by atoms with van der Waals surface area (Å²) in [5.41, 5.74) is 0.104. The molecule has 0 saturated carbocycles. The largest absolute Gasteiger partial charge is 0.497 e. The number of ether oxygens (including phenoxy) is 3. The Balaban J connectivity index is 1.63. The topological polar surface area (TPSA) is 56.8 Å². The molecule has 1 saturated heterocycles. The second kappa shape index (κ2) is 6.61. The summed E-state index contributed by atoms with van der Waals surface area (Å²) in [5.74, 6) is 1.52. The quantitative estimate of drug-likeness (QED) is 0.824. The maximum Gasteiger partial charge on any atom is 0.223 e. The Bertz CT molecular complexity index is 440. The van der Waals surface area contributed by atoms with E-state index in [0.717, 1.165) is 24.7 Å². The molecule has 1 aromatic carbocycles. The van der Waals surface area contributed by atoms with Crippen molar-refractivity contribution in [1.82, 2.24) is 5.32 Å². The van der Waals surface area contributed by atoms with Gasteiger partial charge in [-0.2, -0.15) is 0 Å². The van der Waals surface area contributed by atoms with E-state index < -0.39 is 0 Å². The molecule has 1 aliphatic rings. The van der Waals surface area contributed by atoms with E-state index in [4.69, 9.17) is 14.2 Å². The van der Waals surface area contributed by atoms with Gasteiger partial charge in [0.15, 0.2) is 0 Å². The Labute approximate surface area is 119 Å². The molecule has 110 valence electrons. The van der Waals surface area contributed by atoms with E-state index in [1.165, 1.54) is 0 Å². The molecule has 1 N–H and O–H groups in total. The molecule has 5 nitrogen and oxygen atoms in total. The van der Waals surface area contributed by atoms with Crippen LogP contribution < -0.4 is 14.8 Å². The molecule has 0 atom stereocenters. The van der Waals surface area contributed by atoms with Gasteiger partial charge < -0.3 is 19.5 Å². The highest BCUT2D eigenvalue weighted by molar-refractivity contribution is 5.76. The summed E-state index contributed by atoms with van der Waals surface area (Å²) in [6.07, 6.45) is 0.350. The zero-order valence-electron chi connectivity index (χ0n) is 12.0. The average Bonchev–Trinajstić information content (AvgIpc) is 2.44. The number of hydrogen-bond donors (Lipinski definition) is 1. The van der Waals surface area contributed by atoms with Crippen molar-refractivity contribution in [3.05, 3.63) is 24.3 Å². The molecule has 5 heteroatoms. The van der Waals surface area contributed by atoms with Crippen LogP contribution in [0.15, 0.2) is 24.3 Å². The maximum atomic E-state index is 11.7. The molecule has 1 fully saturated rings. The standard InChI is InChI=1S/C15H21NO4/c1-15(10-19-11-15)9-16-14(17)7-8-20-13-5-3-12(18-2)4-6-13/h3-6H,7-11H2,1-2H3,(H,16,17). The van der Waals surface area contributed by atoms with Gasteiger partial charge in [-0.25, -0.2) is 0 Å². The highest BCUT2D eigenvalue weighted by atomic mass is 16.5. The van der Waals surface area contributed by atoms with Gasteiger partial charge in [0.05, 0.1) is 33.4 Å². The Morgan fingerprint density at radius 1 is 1.30 bits per heavy atom. The molecule has 0 spiro atoms. The van der Waals surface area contributed by atoms with Crippen molar-refractivity contribution in [2.45, 2.75) is 13.3 Å². The summed E-state index contributed by atoms with van der Waals surface area (Å²) in [6.45, 7) is 4.57. The van der Waals surface area contributed by atoms with Crippen LogP contribution in [0.2, 0.25) is 0 Å². The molecule has 0 bridgehead atoms. The first-order chi connectivity index (χ1) is 9.61. The fourth-order valence-corrected chi connectivity index (χ4v) is 1.89. The van der Waals surface area contributed by atoms with Crippen molar-refractivity contribution in [2.75, 3.05) is 33.5 Å². The molecule has 0 aliphatic carbocycles. The van der Waals surface area contributed by atoms with Crippen LogP contribution in [0.25, 0.3) is 0 Å². The van der Waals surface area contributed by atoms with Crippen molar-refractivity contribution in [1.29, 1.82) is 0 Å². The Hall–Kier alpha value is -1.75. The van der Waals surface area contributed by atoms with Gasteiger partial charge in [-0.1, -0.05) is 6.92 Å². The molecule has 1 aromatic rings. The lowest BCUT2D eigenvalue weighted by molar-refractivity contribution is -0.127. The maximum absolute atomic E-state index is 11.7. The molecule has 0 radical (unpaired) electrons. The van der Waals surface area contributed by atoms with Crippen molar-refractivity contribution in [2.24, 2.45) is 5.41 Å². The van der Waals surface area contributed by atoms with E-state index in [0.29, 0.717) is 19.6 Å². The molecular formula is C15H21NO4. The highest BCUT2D eigenvalue weighted by Crippen LogP contribution is 2.25. The first-order valence-corrected chi connectivity index (χ1v) is 6.73. The normalized spacial score (nSPS) is 16.1. The van der Waals surface area contributed by atoms with E-state index in [2.05, 4.69) is 12.2 Å². The van der Waals surface area contributed by atoms with Gasteiger partial charge in [-0.05, 0) is 24.3 Å². The van der Waals surface area contributed by atoms with Crippen molar-refractivity contribution in [3.8, 4) is 11.5 Å². The molecule has 2 rings (SSSR count). The third-order valence-corrected chi connectivity index (χ3v) is 3.27. The summed E-state index contributed by atoms with van der Waals surface area (Å²) < 4.78 is 15.7. The van der Waals surface area contributed by atoms with Gasteiger partial charge in [-0.3, -0.25) is 4.79 Å². The highest BCUT2D eigenvalue weighted by Gasteiger charge is 2.33. The van der Waals surface area contributed by atoms with Crippen LogP contribution in [0.1, 0.15) is 13.3 Å². The SMILES string of the molecule is COc1ccc(OCCC(=O)NCC2(C)COC2)cc1. The van der Waals surface area contributed by atoms with Gasteiger partial charge >= 0.3 is 0 Å². The number of benzene rings is 1. The predicted molar refractivity (Wildman–Crippen MR) is 75.0 cm³/mol. The van der Waals surface area contributed by atoms with E-state index >= 15 is 0 Å². The fraction of sp³-hybridized carbons (Fsp3) is 0.533. The first-order valence-electron chi connectivity index (χ1n) is 6.73. The van der Waals surface area contributed by atoms with Gasteiger partial charge in [-0.15, -0.1) is 0 Å². The van der Waals surface area contributed by atoms with Crippen molar-refractivity contribution < 1.29 is 19.0 Å². The summed E-state index contributed by atoms with van der Waals surface area (Å²) in [5, 5.41) is 2.91. The van der Waals surface area contributed by atoms with Gasteiger partial charge in [0.2, 0.25) is 5.91 Å². The summed E-state index contributed by atoms with van der Waals surface area (Å²) in [4.78, 5) is 11.7. The Kier molecular flexibility index (Phi) is 4.84. The summed E-state index contributed by atoms with van der Waals surface area (Å²) in [6, 6.07) is 7.30. The minimum Gasteiger partial charge on any atom is -0.497 e. The molecule has 0 aromatic heterocycles. The van der Waals surface area contributed by atoms with E-state index in [-0.39, 0.29) is 11.3 Å². The van der Waals surface area contributed by atoms with E-state index in [1.54, 1.807) is 7.11 Å². The number of methoxy groups -OCH3 is 1. The van der Waals surface area contributed by atoms with Gasteiger partial charge in [0.1, 0.15) is 11.5 Å². The zero-order valence-corrected chi connectivity index (χ0v) is 12.0. The van der Waals surface area contributed by atoms with E-state index in [9.17, 15) is 4.79 Å². The van der Waals surface area contributed by atoms with Crippen LogP contribution in [-0.4, -0.2) is 39.4 Å². The van der Waals surface area contributed by atoms with Crippen LogP contribution in [0.3, 0.4) is 0 Å². The number of carbonyl (C=O) groups excluding carboxylic acids is 1. The van der Waals surface area contributed by atoms with Gasteiger partial charge in [0.25, 0.3) is 0 Å². The number of rotatable bonds is 7. The minimum atomic E-state index is 0.00615. The predicted octanol–water partition coefficient (Wildman–Crippen LogP) is 1.62. The second-order valence-corrected chi connectivity index (χ2v) is 5.35. The zero-order chi connectivity index (χ0) is 14.4. The van der Waals surface area contributed by atoms with Crippen LogP contribution in [0.4, 0.5) is 0 Å². The number of amides is 1. The Morgan fingerprint density at radius 2 is 1.95 bits per heavy atom. The average molecular weight is 279 g/mol. The van der Waals surface area contributed by atoms with E-state index in [1.807, 2.05) is 24.3 Å². The van der Waals surface area contributed by atoms with Crippen LogP contribution in [0.5, 0.6) is 11.5 Å². The Morgan fingerprint density at radius 3 is 2.50 bits per heavy atom. The lowest BCUT2D eigenvalue weighted by Crippen LogP contribution is -2.48. The number of nitrogens with one attached hydrogen (secondary N) is 1. The van der Waals surface area contributed by atoms with Crippen molar-refractivity contribution in [3.63, 3.8) is 0 Å². The third-order valence-electron chi connectivity index (χ3n) is 3.27. The molecule has 0 unspecified atom stereocenters. The number of carbonyl (C=O) groups is 1. The molecule has 20 heavy (non-hydrogen) atoms. The molecular weight excluding hydrogens is 258 g/mol.